The molecule has 1 fully saturated rings. The predicted octanol–water partition coefficient (Wildman–Crippen LogP) is 1.87. The van der Waals surface area contributed by atoms with E-state index < -0.39 is 5.91 Å². The summed E-state index contributed by atoms with van der Waals surface area (Å²) in [6.45, 7) is 0.459. The second-order valence-corrected chi connectivity index (χ2v) is 6.28. The maximum atomic E-state index is 12.2. The first kappa shape index (κ1) is 18.4. The van der Waals surface area contributed by atoms with Gasteiger partial charge in [0, 0.05) is 24.4 Å². The Balaban J connectivity index is 1.54. The van der Waals surface area contributed by atoms with Gasteiger partial charge in [-0.3, -0.25) is 9.59 Å². The Morgan fingerprint density at radius 3 is 2.81 bits per heavy atom. The highest BCUT2D eigenvalue weighted by Gasteiger charge is 2.31. The summed E-state index contributed by atoms with van der Waals surface area (Å²) in [5.41, 5.74) is 3.89. The van der Waals surface area contributed by atoms with Gasteiger partial charge in [-0.05, 0) is 17.7 Å². The van der Waals surface area contributed by atoms with E-state index >= 15 is 0 Å². The number of carbonyl (C=O) groups excluding carboxylic acids is 2. The Kier molecular flexibility index (Phi) is 5.71. The number of phenolic OH excluding ortho intramolecular Hbond substituents is 1. The highest BCUT2D eigenvalue weighted by Crippen LogP contribution is 2.28. The maximum Gasteiger partial charge on any atom is 0.259 e. The highest BCUT2D eigenvalue weighted by molar-refractivity contribution is 5.88. The topological polar surface area (TPSA) is 91.2 Å². The molecule has 1 atom stereocenters. The van der Waals surface area contributed by atoms with Crippen molar-refractivity contribution in [1.29, 1.82) is 0 Å². The molecule has 7 nitrogen and oxygen atoms in total. The van der Waals surface area contributed by atoms with Gasteiger partial charge in [0.25, 0.3) is 5.91 Å². The minimum atomic E-state index is -0.393. The number of ether oxygens (including phenoxy) is 1. The molecule has 7 heteroatoms. The molecule has 140 valence electrons. The van der Waals surface area contributed by atoms with E-state index in [0.29, 0.717) is 24.3 Å². The lowest BCUT2D eigenvalue weighted by Crippen LogP contribution is -2.36. The first-order valence-electron chi connectivity index (χ1n) is 8.59. The van der Waals surface area contributed by atoms with Crippen LogP contribution in [0.1, 0.15) is 23.5 Å². The van der Waals surface area contributed by atoms with Gasteiger partial charge in [-0.1, -0.05) is 36.4 Å². The van der Waals surface area contributed by atoms with Crippen LogP contribution in [-0.4, -0.2) is 48.2 Å². The number of methoxy groups -OCH3 is 1. The third-order valence-electron chi connectivity index (χ3n) is 4.46. The monoisotopic (exact) mass is 367 g/mol. The van der Waals surface area contributed by atoms with E-state index in [1.807, 2.05) is 30.3 Å². The number of hydrazone groups is 1. The Morgan fingerprint density at radius 1 is 1.30 bits per heavy atom. The summed E-state index contributed by atoms with van der Waals surface area (Å²) in [6, 6.07) is 14.8. The molecule has 1 aliphatic heterocycles. The van der Waals surface area contributed by atoms with Gasteiger partial charge in [0.1, 0.15) is 6.54 Å². The van der Waals surface area contributed by atoms with Crippen LogP contribution in [0.2, 0.25) is 0 Å². The predicted molar refractivity (Wildman–Crippen MR) is 101 cm³/mol. The third kappa shape index (κ3) is 4.44. The zero-order valence-electron chi connectivity index (χ0n) is 15.0. The average molecular weight is 367 g/mol. The molecule has 0 bridgehead atoms. The molecule has 2 amide bonds. The molecule has 2 aromatic carbocycles. The van der Waals surface area contributed by atoms with E-state index in [0.717, 1.165) is 5.56 Å². The van der Waals surface area contributed by atoms with Crippen molar-refractivity contribution in [3.8, 4) is 11.5 Å². The van der Waals surface area contributed by atoms with Crippen LogP contribution in [0.3, 0.4) is 0 Å². The molecule has 27 heavy (non-hydrogen) atoms. The second kappa shape index (κ2) is 8.35. The molecule has 3 rings (SSSR count). The molecule has 0 saturated carbocycles. The normalized spacial score (nSPS) is 16.7. The van der Waals surface area contributed by atoms with E-state index in [1.54, 1.807) is 18.2 Å². The Labute approximate surface area is 157 Å². The van der Waals surface area contributed by atoms with Gasteiger partial charge < -0.3 is 14.7 Å². The smallest absolute Gasteiger partial charge is 0.259 e. The summed E-state index contributed by atoms with van der Waals surface area (Å²) >= 11 is 0. The summed E-state index contributed by atoms with van der Waals surface area (Å²) in [5.74, 6) is -0.0776. The van der Waals surface area contributed by atoms with E-state index in [4.69, 9.17) is 4.74 Å². The standard InChI is InChI=1S/C20H21N3O4/c1-27-17-9-5-8-15(20(17)26)11-21-22-18(24)13-23-12-16(10-19(23)25)14-6-3-2-4-7-14/h2-9,11,16,26H,10,12-13H2,1H3,(H,22,24)/b21-11-/t16-/m1/s1. The lowest BCUT2D eigenvalue weighted by Gasteiger charge is -2.15. The quantitative estimate of drug-likeness (QED) is 0.602. The number of aromatic hydroxyl groups is 1. The molecular weight excluding hydrogens is 346 g/mol. The van der Waals surface area contributed by atoms with Gasteiger partial charge in [-0.25, -0.2) is 5.43 Å². The van der Waals surface area contributed by atoms with Crippen molar-refractivity contribution in [1.82, 2.24) is 10.3 Å². The summed E-state index contributed by atoms with van der Waals surface area (Å²) in [7, 11) is 1.45. The highest BCUT2D eigenvalue weighted by atomic mass is 16.5. The van der Waals surface area contributed by atoms with Crippen molar-refractivity contribution in [3.63, 3.8) is 0 Å². The van der Waals surface area contributed by atoms with Crippen LogP contribution >= 0.6 is 0 Å². The molecule has 1 saturated heterocycles. The van der Waals surface area contributed by atoms with Gasteiger partial charge in [-0.2, -0.15) is 5.10 Å². The van der Waals surface area contributed by atoms with Crippen molar-refractivity contribution >= 4 is 18.0 Å². The van der Waals surface area contributed by atoms with Crippen LogP contribution in [0.15, 0.2) is 53.6 Å². The number of rotatable bonds is 6. The van der Waals surface area contributed by atoms with Gasteiger partial charge in [0.05, 0.1) is 13.3 Å². The molecule has 1 heterocycles. The van der Waals surface area contributed by atoms with Crippen LogP contribution in [0.4, 0.5) is 0 Å². The third-order valence-corrected chi connectivity index (χ3v) is 4.46. The second-order valence-electron chi connectivity index (χ2n) is 6.28. The number of nitrogens with zero attached hydrogens (tertiary/aromatic N) is 2. The van der Waals surface area contributed by atoms with Crippen LogP contribution < -0.4 is 10.2 Å². The Bertz CT molecular complexity index is 852. The van der Waals surface area contributed by atoms with Gasteiger partial charge in [0.2, 0.25) is 5.91 Å². The summed E-state index contributed by atoms with van der Waals surface area (Å²) in [4.78, 5) is 25.8. The number of hydrogen-bond donors (Lipinski definition) is 2. The lowest BCUT2D eigenvalue weighted by molar-refractivity contribution is -0.133. The van der Waals surface area contributed by atoms with Crippen LogP contribution in [0.5, 0.6) is 11.5 Å². The molecular formula is C20H21N3O4. The molecule has 2 aromatic rings. The SMILES string of the molecule is COc1cccc(/C=N\NC(=O)CN2C[C@H](c3ccccc3)CC2=O)c1O. The van der Waals surface area contributed by atoms with Crippen LogP contribution in [0, 0.1) is 0 Å². The molecule has 2 N–H and O–H groups in total. The van der Waals surface area contributed by atoms with Crippen molar-refractivity contribution in [2.45, 2.75) is 12.3 Å². The summed E-state index contributed by atoms with van der Waals surface area (Å²) in [5, 5.41) is 13.8. The van der Waals surface area contributed by atoms with E-state index in [-0.39, 0.29) is 24.1 Å². The number of carbonyl (C=O) groups is 2. The van der Waals surface area contributed by atoms with E-state index in [9.17, 15) is 14.7 Å². The number of amides is 2. The molecule has 0 aromatic heterocycles. The number of nitrogens with one attached hydrogen (secondary N) is 1. The average Bonchev–Trinajstić information content (AvgIpc) is 3.04. The van der Waals surface area contributed by atoms with Crippen molar-refractivity contribution in [3.05, 3.63) is 59.7 Å². The Hall–Kier alpha value is -3.35. The number of para-hydroxylation sites is 1. The number of benzene rings is 2. The van der Waals surface area contributed by atoms with E-state index in [1.165, 1.54) is 18.2 Å². The van der Waals surface area contributed by atoms with Gasteiger partial charge in [-0.15, -0.1) is 0 Å². The zero-order valence-corrected chi connectivity index (χ0v) is 15.0. The first-order chi connectivity index (χ1) is 13.1. The largest absolute Gasteiger partial charge is 0.504 e. The molecule has 0 aliphatic carbocycles. The van der Waals surface area contributed by atoms with E-state index in [2.05, 4.69) is 10.5 Å². The summed E-state index contributed by atoms with van der Waals surface area (Å²) < 4.78 is 5.02. The lowest BCUT2D eigenvalue weighted by atomic mass is 9.99. The maximum absolute atomic E-state index is 12.2. The summed E-state index contributed by atoms with van der Waals surface area (Å²) in [6.07, 6.45) is 1.73. The number of hydrogen-bond acceptors (Lipinski definition) is 5. The molecule has 1 aliphatic rings. The Morgan fingerprint density at radius 2 is 2.07 bits per heavy atom. The van der Waals surface area contributed by atoms with Crippen molar-refractivity contribution in [2.75, 3.05) is 20.2 Å². The van der Waals surface area contributed by atoms with Crippen LogP contribution in [-0.2, 0) is 9.59 Å². The van der Waals surface area contributed by atoms with Crippen molar-refractivity contribution in [2.24, 2.45) is 5.10 Å². The molecule has 0 unspecified atom stereocenters. The number of likely N-dealkylation sites (tertiary alicyclic amines) is 1. The fraction of sp³-hybridized carbons (Fsp3) is 0.250. The van der Waals surface area contributed by atoms with Gasteiger partial charge >= 0.3 is 0 Å². The molecule has 0 spiro atoms. The minimum Gasteiger partial charge on any atom is -0.504 e. The first-order valence-corrected chi connectivity index (χ1v) is 8.59. The number of phenols is 1. The van der Waals surface area contributed by atoms with Crippen LogP contribution in [0.25, 0.3) is 0 Å². The zero-order chi connectivity index (χ0) is 19.2. The fourth-order valence-corrected chi connectivity index (χ4v) is 3.06. The molecule has 0 radical (unpaired) electrons. The fourth-order valence-electron chi connectivity index (χ4n) is 3.06. The minimum absolute atomic E-state index is 0.0478. The van der Waals surface area contributed by atoms with Gasteiger partial charge in [0.15, 0.2) is 11.5 Å². The van der Waals surface area contributed by atoms with Crippen molar-refractivity contribution < 1.29 is 19.4 Å².